The molecule has 0 aromatic heterocycles. The number of benzene rings is 1. The maximum atomic E-state index is 12.1. The summed E-state index contributed by atoms with van der Waals surface area (Å²) in [6, 6.07) is 5.87. The van der Waals surface area contributed by atoms with Crippen LogP contribution in [0.3, 0.4) is 0 Å². The first-order valence-corrected chi connectivity index (χ1v) is 8.93. The zero-order chi connectivity index (χ0) is 17.2. The van der Waals surface area contributed by atoms with Crippen molar-refractivity contribution in [3.05, 3.63) is 23.8 Å². The van der Waals surface area contributed by atoms with Gasteiger partial charge in [-0.3, -0.25) is 9.69 Å². The van der Waals surface area contributed by atoms with Crippen LogP contribution in [0, 0.1) is 0 Å². The molecular formula is C19H30N2O3. The first-order valence-electron chi connectivity index (χ1n) is 8.93. The fraction of sp³-hybridized carbons (Fsp3) is 0.632. The zero-order valence-electron chi connectivity index (χ0n) is 15.0. The first-order chi connectivity index (χ1) is 11.7. The maximum Gasteiger partial charge on any atom is 0.234 e. The molecule has 0 unspecified atom stereocenters. The van der Waals surface area contributed by atoms with Gasteiger partial charge in [-0.15, -0.1) is 0 Å². The smallest absolute Gasteiger partial charge is 0.234 e. The molecule has 2 rings (SSSR count). The number of likely N-dealkylation sites (tertiary alicyclic amines) is 1. The van der Waals surface area contributed by atoms with E-state index >= 15 is 0 Å². The second-order valence-corrected chi connectivity index (χ2v) is 6.33. The number of nitrogens with one attached hydrogen (secondary N) is 1. The molecule has 1 aliphatic rings. The van der Waals surface area contributed by atoms with E-state index in [1.165, 1.54) is 32.1 Å². The molecule has 0 bridgehead atoms. The highest BCUT2D eigenvalue weighted by molar-refractivity contribution is 5.78. The molecule has 0 saturated carbocycles. The van der Waals surface area contributed by atoms with E-state index < -0.39 is 0 Å². The third kappa shape index (κ3) is 6.04. The minimum absolute atomic E-state index is 0.121. The molecule has 1 saturated heterocycles. The van der Waals surface area contributed by atoms with Crippen LogP contribution in [-0.4, -0.2) is 51.2 Å². The molecule has 0 radical (unpaired) electrons. The van der Waals surface area contributed by atoms with E-state index in [-0.39, 0.29) is 5.91 Å². The summed E-state index contributed by atoms with van der Waals surface area (Å²) in [5.74, 6) is 1.57. The van der Waals surface area contributed by atoms with E-state index in [1.54, 1.807) is 14.2 Å². The summed E-state index contributed by atoms with van der Waals surface area (Å²) < 4.78 is 10.5. The molecule has 1 fully saturated rings. The number of nitrogens with zero attached hydrogens (tertiary/aromatic N) is 1. The highest BCUT2D eigenvalue weighted by atomic mass is 16.5. The van der Waals surface area contributed by atoms with Gasteiger partial charge in [0.25, 0.3) is 0 Å². The van der Waals surface area contributed by atoms with E-state index in [0.717, 1.165) is 36.6 Å². The Kier molecular flexibility index (Phi) is 7.89. The van der Waals surface area contributed by atoms with Crippen molar-refractivity contribution >= 4 is 5.91 Å². The molecule has 24 heavy (non-hydrogen) atoms. The fourth-order valence-corrected chi connectivity index (χ4v) is 3.11. The quantitative estimate of drug-likeness (QED) is 0.833. The van der Waals surface area contributed by atoms with Gasteiger partial charge in [0.05, 0.1) is 20.8 Å². The van der Waals surface area contributed by atoms with Gasteiger partial charge < -0.3 is 14.8 Å². The van der Waals surface area contributed by atoms with Crippen molar-refractivity contribution in [1.29, 1.82) is 0 Å². The summed E-state index contributed by atoms with van der Waals surface area (Å²) in [5.41, 5.74) is 1.12. The Bertz CT molecular complexity index is 511. The number of methoxy groups -OCH3 is 2. The Hall–Kier alpha value is -1.75. The van der Waals surface area contributed by atoms with Crippen LogP contribution in [0.1, 0.15) is 37.7 Å². The van der Waals surface area contributed by atoms with Gasteiger partial charge in [-0.05, 0) is 50.0 Å². The average Bonchev–Trinajstić information content (AvgIpc) is 2.57. The predicted octanol–water partition coefficient (Wildman–Crippen LogP) is 2.63. The number of carbonyl (C=O) groups is 1. The molecule has 1 aromatic carbocycles. The van der Waals surface area contributed by atoms with E-state index in [1.807, 2.05) is 18.2 Å². The summed E-state index contributed by atoms with van der Waals surface area (Å²) in [4.78, 5) is 14.4. The zero-order valence-corrected chi connectivity index (χ0v) is 15.0. The van der Waals surface area contributed by atoms with Crippen molar-refractivity contribution in [3.63, 3.8) is 0 Å². The minimum Gasteiger partial charge on any atom is -0.493 e. The number of amides is 1. The number of hydrogen-bond donors (Lipinski definition) is 1. The number of rotatable bonds is 7. The van der Waals surface area contributed by atoms with E-state index in [0.29, 0.717) is 13.1 Å². The molecule has 0 aliphatic carbocycles. The minimum atomic E-state index is 0.121. The third-order valence-electron chi connectivity index (χ3n) is 4.50. The Balaban J connectivity index is 1.73. The molecule has 5 nitrogen and oxygen atoms in total. The SMILES string of the molecule is COc1ccc(CCNC(=O)CN2CCCCCCC2)cc1OC. The Morgan fingerprint density at radius 3 is 2.38 bits per heavy atom. The molecule has 5 heteroatoms. The van der Waals surface area contributed by atoms with Crippen molar-refractivity contribution in [3.8, 4) is 11.5 Å². The highest BCUT2D eigenvalue weighted by Gasteiger charge is 2.12. The molecule has 0 atom stereocenters. The number of ether oxygens (including phenoxy) is 2. The molecular weight excluding hydrogens is 304 g/mol. The second-order valence-electron chi connectivity index (χ2n) is 6.33. The summed E-state index contributed by atoms with van der Waals surface area (Å²) in [6.07, 6.45) is 7.12. The lowest BCUT2D eigenvalue weighted by Gasteiger charge is -2.23. The van der Waals surface area contributed by atoms with Crippen molar-refractivity contribution in [1.82, 2.24) is 10.2 Å². The normalized spacial score (nSPS) is 16.1. The van der Waals surface area contributed by atoms with Gasteiger partial charge in [-0.2, -0.15) is 0 Å². The summed E-state index contributed by atoms with van der Waals surface area (Å²) in [7, 11) is 3.26. The fourth-order valence-electron chi connectivity index (χ4n) is 3.11. The molecule has 1 amide bonds. The Morgan fingerprint density at radius 1 is 1.04 bits per heavy atom. The lowest BCUT2D eigenvalue weighted by molar-refractivity contribution is -0.122. The highest BCUT2D eigenvalue weighted by Crippen LogP contribution is 2.27. The second kappa shape index (κ2) is 10.2. The van der Waals surface area contributed by atoms with E-state index in [4.69, 9.17) is 9.47 Å². The molecule has 1 aromatic rings. The topological polar surface area (TPSA) is 50.8 Å². The van der Waals surface area contributed by atoms with Gasteiger partial charge in [-0.25, -0.2) is 0 Å². The van der Waals surface area contributed by atoms with Crippen LogP contribution in [0.5, 0.6) is 11.5 Å². The standard InChI is InChI=1S/C19H30N2O3/c1-23-17-9-8-16(14-18(17)24-2)10-11-20-19(22)15-21-12-6-4-3-5-7-13-21/h8-9,14H,3-7,10-13,15H2,1-2H3,(H,20,22). The third-order valence-corrected chi connectivity index (χ3v) is 4.50. The van der Waals surface area contributed by atoms with Crippen molar-refractivity contribution < 1.29 is 14.3 Å². The van der Waals surface area contributed by atoms with E-state index in [9.17, 15) is 4.79 Å². The van der Waals surface area contributed by atoms with Crippen molar-refractivity contribution in [2.24, 2.45) is 0 Å². The van der Waals surface area contributed by atoms with Crippen LogP contribution < -0.4 is 14.8 Å². The Morgan fingerprint density at radius 2 is 1.71 bits per heavy atom. The lowest BCUT2D eigenvalue weighted by Crippen LogP contribution is -2.39. The summed E-state index contributed by atoms with van der Waals surface area (Å²) in [6.45, 7) is 3.25. The molecule has 1 aliphatic heterocycles. The largest absolute Gasteiger partial charge is 0.493 e. The van der Waals surface area contributed by atoms with Crippen LogP contribution in [0.2, 0.25) is 0 Å². The van der Waals surface area contributed by atoms with Gasteiger partial charge in [0, 0.05) is 6.54 Å². The van der Waals surface area contributed by atoms with Crippen molar-refractivity contribution in [2.45, 2.75) is 38.5 Å². The van der Waals surface area contributed by atoms with Gasteiger partial charge in [0.2, 0.25) is 5.91 Å². The first kappa shape index (κ1) is 18.6. The lowest BCUT2D eigenvalue weighted by atomic mass is 10.1. The Labute approximate surface area is 145 Å². The van der Waals surface area contributed by atoms with E-state index in [2.05, 4.69) is 10.2 Å². The monoisotopic (exact) mass is 334 g/mol. The van der Waals surface area contributed by atoms with Crippen LogP contribution in [0.4, 0.5) is 0 Å². The van der Waals surface area contributed by atoms with Crippen LogP contribution in [0.15, 0.2) is 18.2 Å². The molecule has 1 N–H and O–H groups in total. The molecule has 134 valence electrons. The predicted molar refractivity (Wildman–Crippen MR) is 95.8 cm³/mol. The molecule has 1 heterocycles. The van der Waals surface area contributed by atoms with Gasteiger partial charge in [0.15, 0.2) is 11.5 Å². The maximum absolute atomic E-state index is 12.1. The van der Waals surface area contributed by atoms with Crippen LogP contribution >= 0.6 is 0 Å². The van der Waals surface area contributed by atoms with Gasteiger partial charge in [0.1, 0.15) is 0 Å². The molecule has 0 spiro atoms. The van der Waals surface area contributed by atoms with Gasteiger partial charge >= 0.3 is 0 Å². The number of carbonyl (C=O) groups excluding carboxylic acids is 1. The summed E-state index contributed by atoms with van der Waals surface area (Å²) >= 11 is 0. The van der Waals surface area contributed by atoms with Gasteiger partial charge in [-0.1, -0.05) is 25.3 Å². The van der Waals surface area contributed by atoms with Crippen LogP contribution in [0.25, 0.3) is 0 Å². The van der Waals surface area contributed by atoms with Crippen LogP contribution in [-0.2, 0) is 11.2 Å². The number of hydrogen-bond acceptors (Lipinski definition) is 4. The summed E-state index contributed by atoms with van der Waals surface area (Å²) in [5, 5.41) is 3.03. The van der Waals surface area contributed by atoms with Crippen molar-refractivity contribution in [2.75, 3.05) is 40.4 Å². The average molecular weight is 334 g/mol.